The molecule has 0 aliphatic carbocycles. The van der Waals surface area contributed by atoms with Crippen molar-refractivity contribution in [2.24, 2.45) is 0 Å². The molecule has 0 saturated heterocycles. The number of hydrogen-bond acceptors (Lipinski definition) is 5. The van der Waals surface area contributed by atoms with Crippen molar-refractivity contribution in [2.75, 3.05) is 11.5 Å². The summed E-state index contributed by atoms with van der Waals surface area (Å²) in [6, 6.07) is 0. The van der Waals surface area contributed by atoms with Crippen LogP contribution in [0, 0.1) is 0 Å². The van der Waals surface area contributed by atoms with E-state index < -0.39 is 6.16 Å². The predicted octanol–water partition coefficient (Wildman–Crippen LogP) is 2.81. The summed E-state index contributed by atoms with van der Waals surface area (Å²) in [5, 5.41) is 0. The van der Waals surface area contributed by atoms with Gasteiger partial charge in [0.15, 0.2) is 0 Å². The SMILES string of the molecule is C=CCSOC(=O)OSCC=C. The fraction of sp³-hybridized carbons (Fsp3) is 0.286. The first kappa shape index (κ1) is 11.4. The van der Waals surface area contributed by atoms with Crippen molar-refractivity contribution in [3.63, 3.8) is 0 Å². The molecule has 0 amide bonds. The molecule has 5 heteroatoms. The van der Waals surface area contributed by atoms with E-state index in [1.165, 1.54) is 0 Å². The van der Waals surface area contributed by atoms with E-state index >= 15 is 0 Å². The molecule has 0 aliphatic heterocycles. The maximum Gasteiger partial charge on any atom is 0.533 e. The van der Waals surface area contributed by atoms with Crippen LogP contribution in [0.1, 0.15) is 0 Å². The van der Waals surface area contributed by atoms with Gasteiger partial charge in [0.25, 0.3) is 0 Å². The van der Waals surface area contributed by atoms with Crippen LogP contribution in [0.15, 0.2) is 25.3 Å². The van der Waals surface area contributed by atoms with Gasteiger partial charge in [-0.05, 0) is 0 Å². The Hall–Kier alpha value is -0.550. The first-order valence-corrected chi connectivity index (χ1v) is 4.98. The Morgan fingerprint density at radius 3 is 1.92 bits per heavy atom. The maximum atomic E-state index is 10.6. The minimum atomic E-state index is -0.700. The first-order chi connectivity index (χ1) is 5.81. The summed E-state index contributed by atoms with van der Waals surface area (Å²) in [5.74, 6) is 1.11. The van der Waals surface area contributed by atoms with E-state index in [2.05, 4.69) is 21.5 Å². The Morgan fingerprint density at radius 2 is 1.58 bits per heavy atom. The summed E-state index contributed by atoms with van der Waals surface area (Å²) in [7, 11) is 0. The third-order valence-electron chi connectivity index (χ3n) is 0.626. The smallest absolute Gasteiger partial charge is 0.359 e. The highest BCUT2D eigenvalue weighted by Gasteiger charge is 2.03. The lowest BCUT2D eigenvalue weighted by Crippen LogP contribution is -1.97. The molecule has 0 spiro atoms. The van der Waals surface area contributed by atoms with Crippen molar-refractivity contribution in [1.82, 2.24) is 0 Å². The zero-order chi connectivity index (χ0) is 9.23. The van der Waals surface area contributed by atoms with Gasteiger partial charge in [-0.1, -0.05) is 12.2 Å². The molecule has 0 aromatic carbocycles. The average molecular weight is 206 g/mol. The molecule has 0 aliphatic rings. The molecule has 0 saturated carbocycles. The van der Waals surface area contributed by atoms with Crippen molar-refractivity contribution >= 4 is 30.2 Å². The van der Waals surface area contributed by atoms with Gasteiger partial charge in [0.05, 0.1) is 24.1 Å². The fourth-order valence-corrected chi connectivity index (χ4v) is 0.906. The van der Waals surface area contributed by atoms with Crippen LogP contribution >= 0.6 is 24.1 Å². The lowest BCUT2D eigenvalue weighted by molar-refractivity contribution is 0.169. The molecule has 0 rings (SSSR count). The zero-order valence-electron chi connectivity index (χ0n) is 6.52. The van der Waals surface area contributed by atoms with Crippen molar-refractivity contribution in [3.8, 4) is 0 Å². The quantitative estimate of drug-likeness (QED) is 0.379. The molecule has 3 nitrogen and oxygen atoms in total. The molecular weight excluding hydrogens is 196 g/mol. The Kier molecular flexibility index (Phi) is 8.15. The van der Waals surface area contributed by atoms with Crippen LogP contribution in [-0.2, 0) is 8.37 Å². The fourth-order valence-electron chi connectivity index (χ4n) is 0.274. The third-order valence-corrected chi connectivity index (χ3v) is 1.88. The summed E-state index contributed by atoms with van der Waals surface area (Å²) in [5.41, 5.74) is 0. The number of hydrogen-bond donors (Lipinski definition) is 0. The minimum absolute atomic E-state index is 0.557. The molecule has 0 atom stereocenters. The molecule has 0 aromatic heterocycles. The number of carbonyl (C=O) groups is 1. The molecule has 0 bridgehead atoms. The van der Waals surface area contributed by atoms with E-state index in [9.17, 15) is 4.79 Å². The Bertz CT molecular complexity index is 143. The Morgan fingerprint density at radius 1 is 1.17 bits per heavy atom. The van der Waals surface area contributed by atoms with Gasteiger partial charge in [-0.15, -0.1) is 13.2 Å². The van der Waals surface area contributed by atoms with Gasteiger partial charge >= 0.3 is 6.16 Å². The third kappa shape index (κ3) is 7.56. The van der Waals surface area contributed by atoms with E-state index in [-0.39, 0.29) is 0 Å². The predicted molar refractivity (Wildman–Crippen MR) is 52.9 cm³/mol. The normalized spacial score (nSPS) is 8.67. The van der Waals surface area contributed by atoms with Gasteiger partial charge in [-0.25, -0.2) is 4.79 Å². The van der Waals surface area contributed by atoms with E-state index in [0.717, 1.165) is 24.1 Å². The van der Waals surface area contributed by atoms with Crippen molar-refractivity contribution in [3.05, 3.63) is 25.3 Å². The Balaban J connectivity index is 3.21. The molecule has 12 heavy (non-hydrogen) atoms. The molecule has 0 unspecified atom stereocenters. The maximum absolute atomic E-state index is 10.6. The highest BCUT2D eigenvalue weighted by atomic mass is 32.2. The molecular formula is C7H10O3S2. The van der Waals surface area contributed by atoms with Crippen molar-refractivity contribution in [2.45, 2.75) is 0 Å². The second-order valence-electron chi connectivity index (χ2n) is 1.56. The zero-order valence-corrected chi connectivity index (χ0v) is 8.16. The van der Waals surface area contributed by atoms with Gasteiger partial charge in [0.1, 0.15) is 0 Å². The van der Waals surface area contributed by atoms with Gasteiger partial charge in [-0.2, -0.15) is 0 Å². The van der Waals surface area contributed by atoms with Crippen LogP contribution in [0.25, 0.3) is 0 Å². The van der Waals surface area contributed by atoms with E-state index in [4.69, 9.17) is 0 Å². The summed E-state index contributed by atoms with van der Waals surface area (Å²) in [6.07, 6.45) is 2.57. The van der Waals surface area contributed by atoms with Gasteiger partial charge < -0.3 is 8.37 Å². The van der Waals surface area contributed by atoms with Crippen LogP contribution in [-0.4, -0.2) is 17.7 Å². The highest BCUT2D eigenvalue weighted by molar-refractivity contribution is 7.96. The topological polar surface area (TPSA) is 35.5 Å². The van der Waals surface area contributed by atoms with Crippen LogP contribution in [0.3, 0.4) is 0 Å². The summed E-state index contributed by atoms with van der Waals surface area (Å²) >= 11 is 1.98. The monoisotopic (exact) mass is 206 g/mol. The van der Waals surface area contributed by atoms with Crippen molar-refractivity contribution < 1.29 is 13.2 Å². The van der Waals surface area contributed by atoms with Crippen LogP contribution < -0.4 is 0 Å². The van der Waals surface area contributed by atoms with Crippen LogP contribution in [0.2, 0.25) is 0 Å². The van der Waals surface area contributed by atoms with Gasteiger partial charge in [0.2, 0.25) is 0 Å². The number of carbonyl (C=O) groups excluding carboxylic acids is 1. The standard InChI is InChI=1S/C7H10O3S2/c1-3-5-11-9-7(8)10-12-6-4-2/h3-4H,1-2,5-6H2. The van der Waals surface area contributed by atoms with Gasteiger partial charge in [-0.3, -0.25) is 0 Å². The second kappa shape index (κ2) is 8.55. The average Bonchev–Trinajstić information content (AvgIpc) is 2.06. The van der Waals surface area contributed by atoms with Crippen LogP contribution in [0.5, 0.6) is 0 Å². The summed E-state index contributed by atoms with van der Waals surface area (Å²) in [6.45, 7) is 6.92. The molecule has 68 valence electrons. The number of rotatable bonds is 6. The molecule has 0 radical (unpaired) electrons. The molecule has 0 N–H and O–H groups in total. The van der Waals surface area contributed by atoms with Crippen LogP contribution in [0.4, 0.5) is 4.79 Å². The lowest BCUT2D eigenvalue weighted by Gasteiger charge is -1.99. The first-order valence-electron chi connectivity index (χ1n) is 3.16. The summed E-state index contributed by atoms with van der Waals surface area (Å²) < 4.78 is 9.12. The van der Waals surface area contributed by atoms with Gasteiger partial charge in [0, 0.05) is 11.5 Å². The molecule has 0 fully saturated rings. The summed E-state index contributed by atoms with van der Waals surface area (Å²) in [4.78, 5) is 10.6. The largest absolute Gasteiger partial charge is 0.533 e. The van der Waals surface area contributed by atoms with Crippen molar-refractivity contribution in [1.29, 1.82) is 0 Å². The van der Waals surface area contributed by atoms with E-state index in [1.54, 1.807) is 12.2 Å². The molecule has 0 aromatic rings. The molecule has 0 heterocycles. The highest BCUT2D eigenvalue weighted by Crippen LogP contribution is 2.09. The Labute approximate surface area is 80.6 Å². The van der Waals surface area contributed by atoms with E-state index in [1.807, 2.05) is 0 Å². The second-order valence-corrected chi connectivity index (χ2v) is 3.03. The lowest BCUT2D eigenvalue weighted by atomic mass is 10.8. The minimum Gasteiger partial charge on any atom is -0.359 e. The van der Waals surface area contributed by atoms with E-state index in [0.29, 0.717) is 11.5 Å².